The van der Waals surface area contributed by atoms with E-state index < -0.39 is 0 Å². The Hall–Kier alpha value is -1.88. The van der Waals surface area contributed by atoms with Crippen molar-refractivity contribution in [2.45, 2.75) is 19.9 Å². The molecular weight excluding hydrogens is 242 g/mol. The maximum absolute atomic E-state index is 12.0. The lowest BCUT2D eigenvalue weighted by atomic mass is 9.96. The molecule has 102 valence electrons. The molecule has 2 N–H and O–H groups in total. The van der Waals surface area contributed by atoms with Crippen LogP contribution in [0.2, 0.25) is 0 Å². The number of benzene rings is 1. The fourth-order valence-corrected chi connectivity index (χ4v) is 2.25. The van der Waals surface area contributed by atoms with Crippen LogP contribution in [0.3, 0.4) is 0 Å². The van der Waals surface area contributed by atoms with Crippen LogP contribution in [0.15, 0.2) is 23.2 Å². The summed E-state index contributed by atoms with van der Waals surface area (Å²) in [7, 11) is 1.63. The number of methoxy groups -OCH3 is 1. The average molecular weight is 261 g/mol. The lowest BCUT2D eigenvalue weighted by molar-refractivity contribution is -0.120. The quantitative estimate of drug-likeness (QED) is 0.797. The summed E-state index contributed by atoms with van der Waals surface area (Å²) in [4.78, 5) is 16.3. The van der Waals surface area contributed by atoms with Gasteiger partial charge in [0.05, 0.1) is 13.2 Å². The molecule has 5 heteroatoms. The number of ether oxygens (including phenoxy) is 1. The van der Waals surface area contributed by atoms with Gasteiger partial charge >= 0.3 is 0 Å². The van der Waals surface area contributed by atoms with E-state index in [-0.39, 0.29) is 11.9 Å². The summed E-state index contributed by atoms with van der Waals surface area (Å²) in [6, 6.07) is 5.66. The SMILES string of the molecule is COCCN=C1NC(=O)C(c2c(C)cccc2C)N1. The van der Waals surface area contributed by atoms with Gasteiger partial charge in [-0.15, -0.1) is 0 Å². The maximum atomic E-state index is 12.0. The van der Waals surface area contributed by atoms with Crippen LogP contribution in [0.1, 0.15) is 22.7 Å². The van der Waals surface area contributed by atoms with E-state index in [0.717, 1.165) is 16.7 Å². The van der Waals surface area contributed by atoms with Crippen molar-refractivity contribution in [2.75, 3.05) is 20.3 Å². The standard InChI is InChI=1S/C14H19N3O2/c1-9-5-4-6-10(2)11(9)12-13(18)17-14(16-12)15-7-8-19-3/h4-6,12H,7-8H2,1-3H3,(H2,15,16,17,18). The number of carbonyl (C=O) groups is 1. The second-order valence-electron chi connectivity index (χ2n) is 4.60. The number of aliphatic imine (C=N–C) groups is 1. The molecule has 1 aliphatic heterocycles. The zero-order valence-electron chi connectivity index (χ0n) is 11.5. The topological polar surface area (TPSA) is 62.7 Å². The van der Waals surface area contributed by atoms with Crippen molar-refractivity contribution in [1.29, 1.82) is 0 Å². The van der Waals surface area contributed by atoms with Gasteiger partial charge in [-0.1, -0.05) is 18.2 Å². The van der Waals surface area contributed by atoms with E-state index in [1.54, 1.807) is 7.11 Å². The summed E-state index contributed by atoms with van der Waals surface area (Å²) in [5, 5.41) is 5.89. The summed E-state index contributed by atoms with van der Waals surface area (Å²) in [6.07, 6.45) is 0. The Kier molecular flexibility index (Phi) is 4.16. The first-order chi connectivity index (χ1) is 9.13. The third-order valence-corrected chi connectivity index (χ3v) is 3.18. The van der Waals surface area contributed by atoms with E-state index in [2.05, 4.69) is 15.6 Å². The van der Waals surface area contributed by atoms with Gasteiger partial charge < -0.3 is 10.1 Å². The number of amides is 1. The number of aryl methyl sites for hydroxylation is 2. The number of rotatable bonds is 4. The first kappa shape index (κ1) is 13.5. The zero-order valence-corrected chi connectivity index (χ0v) is 11.5. The Bertz CT molecular complexity index is 491. The Labute approximate surface area is 113 Å². The third-order valence-electron chi connectivity index (χ3n) is 3.18. The molecule has 0 aliphatic carbocycles. The van der Waals surface area contributed by atoms with Crippen LogP contribution in [0.5, 0.6) is 0 Å². The molecule has 1 saturated heterocycles. The van der Waals surface area contributed by atoms with Gasteiger partial charge in [0, 0.05) is 7.11 Å². The zero-order chi connectivity index (χ0) is 13.8. The van der Waals surface area contributed by atoms with Crippen LogP contribution in [0.4, 0.5) is 0 Å². The summed E-state index contributed by atoms with van der Waals surface area (Å²) in [5.41, 5.74) is 3.23. The molecule has 5 nitrogen and oxygen atoms in total. The first-order valence-electron chi connectivity index (χ1n) is 6.30. The second-order valence-corrected chi connectivity index (χ2v) is 4.60. The molecule has 1 amide bonds. The number of carbonyl (C=O) groups excluding carboxylic acids is 1. The summed E-state index contributed by atoms with van der Waals surface area (Å²) >= 11 is 0. The number of hydrogen-bond donors (Lipinski definition) is 2. The monoisotopic (exact) mass is 261 g/mol. The van der Waals surface area contributed by atoms with Crippen molar-refractivity contribution in [3.8, 4) is 0 Å². The van der Waals surface area contributed by atoms with Gasteiger partial charge in [-0.3, -0.25) is 15.1 Å². The summed E-state index contributed by atoms with van der Waals surface area (Å²) in [5.74, 6) is 0.461. The van der Waals surface area contributed by atoms with Crippen molar-refractivity contribution in [1.82, 2.24) is 10.6 Å². The highest BCUT2D eigenvalue weighted by Crippen LogP contribution is 2.23. The van der Waals surface area contributed by atoms with E-state index >= 15 is 0 Å². The molecule has 0 bridgehead atoms. The minimum absolute atomic E-state index is 0.0615. The van der Waals surface area contributed by atoms with Crippen molar-refractivity contribution < 1.29 is 9.53 Å². The van der Waals surface area contributed by atoms with E-state index in [1.165, 1.54) is 0 Å². The number of nitrogens with one attached hydrogen (secondary N) is 2. The van der Waals surface area contributed by atoms with Gasteiger partial charge in [0.2, 0.25) is 0 Å². The van der Waals surface area contributed by atoms with Gasteiger partial charge in [0.1, 0.15) is 6.04 Å². The van der Waals surface area contributed by atoms with E-state index in [0.29, 0.717) is 19.1 Å². The molecule has 0 aromatic heterocycles. The fourth-order valence-electron chi connectivity index (χ4n) is 2.25. The van der Waals surface area contributed by atoms with E-state index in [1.807, 2.05) is 32.0 Å². The second kappa shape index (κ2) is 5.84. The van der Waals surface area contributed by atoms with Gasteiger partial charge in [0.15, 0.2) is 5.96 Å². The molecule has 1 aliphatic rings. The lowest BCUT2D eigenvalue weighted by Gasteiger charge is -2.14. The van der Waals surface area contributed by atoms with Crippen LogP contribution in [0.25, 0.3) is 0 Å². The van der Waals surface area contributed by atoms with Gasteiger partial charge in [-0.05, 0) is 30.5 Å². The number of nitrogens with zero attached hydrogens (tertiary/aromatic N) is 1. The van der Waals surface area contributed by atoms with Crippen molar-refractivity contribution in [3.05, 3.63) is 34.9 Å². The van der Waals surface area contributed by atoms with Crippen LogP contribution in [0, 0.1) is 13.8 Å². The fraction of sp³-hybridized carbons (Fsp3) is 0.429. The minimum Gasteiger partial charge on any atom is -0.383 e. The van der Waals surface area contributed by atoms with Gasteiger partial charge in [0.25, 0.3) is 5.91 Å². The molecule has 1 aromatic rings. The van der Waals surface area contributed by atoms with E-state index in [9.17, 15) is 4.79 Å². The van der Waals surface area contributed by atoms with E-state index in [4.69, 9.17) is 4.74 Å². The van der Waals surface area contributed by atoms with Crippen molar-refractivity contribution in [2.24, 2.45) is 4.99 Å². The normalized spacial score (nSPS) is 20.5. The Balaban J connectivity index is 2.18. The number of hydrogen-bond acceptors (Lipinski definition) is 3. The highest BCUT2D eigenvalue weighted by molar-refractivity contribution is 6.07. The predicted octanol–water partition coefficient (Wildman–Crippen LogP) is 1.07. The molecule has 1 fully saturated rings. The van der Waals surface area contributed by atoms with Crippen LogP contribution in [-0.4, -0.2) is 32.1 Å². The van der Waals surface area contributed by atoms with Gasteiger partial charge in [-0.2, -0.15) is 0 Å². The molecule has 1 aromatic carbocycles. The van der Waals surface area contributed by atoms with Crippen LogP contribution >= 0.6 is 0 Å². The predicted molar refractivity (Wildman–Crippen MR) is 74.1 cm³/mol. The van der Waals surface area contributed by atoms with Crippen molar-refractivity contribution in [3.63, 3.8) is 0 Å². The average Bonchev–Trinajstić information content (AvgIpc) is 2.71. The third kappa shape index (κ3) is 2.93. The van der Waals surface area contributed by atoms with Crippen LogP contribution < -0.4 is 10.6 Å². The highest BCUT2D eigenvalue weighted by atomic mass is 16.5. The number of guanidine groups is 1. The maximum Gasteiger partial charge on any atom is 0.253 e. The largest absolute Gasteiger partial charge is 0.383 e. The lowest BCUT2D eigenvalue weighted by Crippen LogP contribution is -2.26. The highest BCUT2D eigenvalue weighted by Gasteiger charge is 2.31. The molecule has 2 rings (SSSR count). The smallest absolute Gasteiger partial charge is 0.253 e. The van der Waals surface area contributed by atoms with Crippen molar-refractivity contribution >= 4 is 11.9 Å². The van der Waals surface area contributed by atoms with Crippen LogP contribution in [-0.2, 0) is 9.53 Å². The van der Waals surface area contributed by atoms with Gasteiger partial charge in [-0.25, -0.2) is 0 Å². The Morgan fingerprint density at radius 1 is 1.32 bits per heavy atom. The summed E-state index contributed by atoms with van der Waals surface area (Å²) < 4.78 is 4.93. The molecule has 0 spiro atoms. The minimum atomic E-state index is -0.359. The molecule has 1 atom stereocenters. The molecule has 0 radical (unpaired) electrons. The Morgan fingerprint density at radius 3 is 2.63 bits per heavy atom. The molecule has 1 heterocycles. The molecule has 1 unspecified atom stereocenters. The Morgan fingerprint density at radius 2 is 2.00 bits per heavy atom. The molecule has 0 saturated carbocycles. The summed E-state index contributed by atoms with van der Waals surface area (Å²) in [6.45, 7) is 5.09. The first-order valence-corrected chi connectivity index (χ1v) is 6.30. The molecular formula is C14H19N3O2. The molecule has 19 heavy (non-hydrogen) atoms.